The largest absolute Gasteiger partial charge is 0.497 e. The molecule has 1 saturated heterocycles. The number of nitrogens with zero attached hydrogens (tertiary/aromatic N) is 1. The van der Waals surface area contributed by atoms with Crippen LogP contribution in [-0.4, -0.2) is 49.5 Å². The number of Topliss-reactive ketones (excluding diaryl/α,β-unsaturated/α-hetero) is 1. The fourth-order valence-electron chi connectivity index (χ4n) is 3.49. The first-order chi connectivity index (χ1) is 15.7. The molecule has 2 atom stereocenters. The van der Waals surface area contributed by atoms with Crippen LogP contribution in [0.2, 0.25) is 0 Å². The molecule has 0 bridgehead atoms. The van der Waals surface area contributed by atoms with Crippen molar-refractivity contribution in [2.24, 2.45) is 5.92 Å². The molecule has 2 aromatic rings. The fourth-order valence-corrected chi connectivity index (χ4v) is 3.49. The van der Waals surface area contributed by atoms with E-state index in [0.717, 1.165) is 0 Å². The number of methoxy groups -OCH3 is 1. The van der Waals surface area contributed by atoms with Crippen LogP contribution < -0.4 is 9.64 Å². The van der Waals surface area contributed by atoms with Gasteiger partial charge in [-0.25, -0.2) is 4.79 Å². The molecule has 2 aromatic carbocycles. The van der Waals surface area contributed by atoms with E-state index in [1.807, 2.05) is 0 Å². The lowest BCUT2D eigenvalue weighted by Crippen LogP contribution is -2.30. The third-order valence-electron chi connectivity index (χ3n) is 5.25. The van der Waals surface area contributed by atoms with Gasteiger partial charge in [0.1, 0.15) is 5.75 Å². The quantitative estimate of drug-likeness (QED) is 0.446. The molecule has 8 nitrogen and oxygen atoms in total. The Morgan fingerprint density at radius 2 is 1.52 bits per heavy atom. The summed E-state index contributed by atoms with van der Waals surface area (Å²) in [4.78, 5) is 51.2. The number of esters is 2. The van der Waals surface area contributed by atoms with Crippen LogP contribution in [0.1, 0.15) is 47.9 Å². The second kappa shape index (κ2) is 10.3. The molecule has 0 spiro atoms. The molecule has 1 aliphatic rings. The number of amides is 1. The molecule has 3 rings (SSSR count). The summed E-state index contributed by atoms with van der Waals surface area (Å²) in [6.07, 6.45) is -1.23. The van der Waals surface area contributed by atoms with Crippen molar-refractivity contribution in [3.05, 3.63) is 59.7 Å². The molecule has 0 saturated carbocycles. The Bertz CT molecular complexity index is 1030. The average Bonchev–Trinajstić information content (AvgIpc) is 3.20. The first kappa shape index (κ1) is 24.0. The molecule has 0 N–H and O–H groups in total. The van der Waals surface area contributed by atoms with Crippen molar-refractivity contribution < 1.29 is 33.4 Å². The molecular weight excluding hydrogens is 426 g/mol. The van der Waals surface area contributed by atoms with Gasteiger partial charge in [-0.1, -0.05) is 0 Å². The van der Waals surface area contributed by atoms with Crippen LogP contribution >= 0.6 is 0 Å². The van der Waals surface area contributed by atoms with Gasteiger partial charge in [0.2, 0.25) is 11.7 Å². The standard InChI is InChI=1S/C25H27NO7/c1-15(2)32-24(29)18-5-9-20(10-6-18)26-14-19(13-22(26)27)25(30)33-16(3)23(28)17-7-11-21(31-4)12-8-17/h5-12,15-16,19H,13-14H2,1-4H3. The van der Waals surface area contributed by atoms with Crippen molar-refractivity contribution in [1.29, 1.82) is 0 Å². The molecule has 1 amide bonds. The van der Waals surface area contributed by atoms with Gasteiger partial charge in [0.15, 0.2) is 6.10 Å². The zero-order chi connectivity index (χ0) is 24.1. The third kappa shape index (κ3) is 5.77. The molecule has 174 valence electrons. The number of carbonyl (C=O) groups is 4. The first-order valence-electron chi connectivity index (χ1n) is 10.7. The summed E-state index contributed by atoms with van der Waals surface area (Å²) in [7, 11) is 1.53. The molecule has 2 unspecified atom stereocenters. The van der Waals surface area contributed by atoms with Crippen LogP contribution in [0.25, 0.3) is 0 Å². The Labute approximate surface area is 192 Å². The van der Waals surface area contributed by atoms with Crippen molar-refractivity contribution in [2.45, 2.75) is 39.4 Å². The normalized spacial score (nSPS) is 16.5. The van der Waals surface area contributed by atoms with Gasteiger partial charge in [-0.05, 0) is 69.3 Å². The van der Waals surface area contributed by atoms with Crippen LogP contribution in [0.15, 0.2) is 48.5 Å². The Kier molecular flexibility index (Phi) is 7.48. The van der Waals surface area contributed by atoms with E-state index in [-0.39, 0.29) is 30.8 Å². The Morgan fingerprint density at radius 1 is 0.909 bits per heavy atom. The molecular formula is C25H27NO7. The highest BCUT2D eigenvalue weighted by molar-refractivity contribution is 6.02. The zero-order valence-electron chi connectivity index (χ0n) is 19.1. The summed E-state index contributed by atoms with van der Waals surface area (Å²) >= 11 is 0. The number of rotatable bonds is 8. The highest BCUT2D eigenvalue weighted by atomic mass is 16.5. The minimum absolute atomic E-state index is 0.0145. The molecule has 0 radical (unpaired) electrons. The molecule has 1 heterocycles. The second-order valence-electron chi connectivity index (χ2n) is 8.08. The van der Waals surface area contributed by atoms with E-state index < -0.39 is 24.0 Å². The maximum absolute atomic E-state index is 12.6. The zero-order valence-corrected chi connectivity index (χ0v) is 19.1. The van der Waals surface area contributed by atoms with E-state index >= 15 is 0 Å². The average molecular weight is 453 g/mol. The topological polar surface area (TPSA) is 99.2 Å². The number of ether oxygens (including phenoxy) is 3. The smallest absolute Gasteiger partial charge is 0.338 e. The van der Waals surface area contributed by atoms with E-state index in [1.165, 1.54) is 18.9 Å². The minimum atomic E-state index is -0.985. The number of benzene rings is 2. The van der Waals surface area contributed by atoms with E-state index in [1.54, 1.807) is 62.4 Å². The van der Waals surface area contributed by atoms with E-state index in [2.05, 4.69) is 0 Å². The number of anilines is 1. The predicted octanol–water partition coefficient (Wildman–Crippen LogP) is 3.43. The van der Waals surface area contributed by atoms with Gasteiger partial charge in [0.25, 0.3) is 0 Å². The van der Waals surface area contributed by atoms with Crippen LogP contribution in [0, 0.1) is 5.92 Å². The van der Waals surface area contributed by atoms with Crippen LogP contribution in [0.3, 0.4) is 0 Å². The first-order valence-corrected chi connectivity index (χ1v) is 10.7. The summed E-state index contributed by atoms with van der Waals surface area (Å²) in [5.74, 6) is -1.68. The van der Waals surface area contributed by atoms with Crippen molar-refractivity contribution in [2.75, 3.05) is 18.6 Å². The second-order valence-corrected chi connectivity index (χ2v) is 8.08. The van der Waals surface area contributed by atoms with Gasteiger partial charge < -0.3 is 19.1 Å². The van der Waals surface area contributed by atoms with Crippen LogP contribution in [0.5, 0.6) is 5.75 Å². The summed E-state index contributed by atoms with van der Waals surface area (Å²) in [6.45, 7) is 5.17. The van der Waals surface area contributed by atoms with E-state index in [4.69, 9.17) is 14.2 Å². The van der Waals surface area contributed by atoms with Gasteiger partial charge in [-0.3, -0.25) is 14.4 Å². The molecule has 8 heteroatoms. The summed E-state index contributed by atoms with van der Waals surface area (Å²) < 4.78 is 15.6. The van der Waals surface area contributed by atoms with Crippen molar-refractivity contribution in [3.8, 4) is 5.75 Å². The molecule has 0 aliphatic carbocycles. The minimum Gasteiger partial charge on any atom is -0.497 e. The lowest BCUT2D eigenvalue weighted by Gasteiger charge is -2.18. The highest BCUT2D eigenvalue weighted by Crippen LogP contribution is 2.27. The molecule has 33 heavy (non-hydrogen) atoms. The van der Waals surface area contributed by atoms with Crippen molar-refractivity contribution in [3.63, 3.8) is 0 Å². The van der Waals surface area contributed by atoms with Crippen LogP contribution in [-0.2, 0) is 19.1 Å². The maximum atomic E-state index is 12.6. The Morgan fingerprint density at radius 3 is 2.09 bits per heavy atom. The lowest BCUT2D eigenvalue weighted by atomic mass is 10.1. The van der Waals surface area contributed by atoms with Gasteiger partial charge in [-0.15, -0.1) is 0 Å². The summed E-state index contributed by atoms with van der Waals surface area (Å²) in [6, 6.07) is 13.0. The highest BCUT2D eigenvalue weighted by Gasteiger charge is 2.37. The predicted molar refractivity (Wildman–Crippen MR) is 120 cm³/mol. The molecule has 0 aromatic heterocycles. The monoisotopic (exact) mass is 453 g/mol. The van der Waals surface area contributed by atoms with Gasteiger partial charge in [-0.2, -0.15) is 0 Å². The third-order valence-corrected chi connectivity index (χ3v) is 5.25. The van der Waals surface area contributed by atoms with Crippen molar-refractivity contribution in [1.82, 2.24) is 0 Å². The van der Waals surface area contributed by atoms with E-state index in [0.29, 0.717) is 22.6 Å². The number of ketones is 1. The lowest BCUT2D eigenvalue weighted by molar-refractivity contribution is -0.151. The number of hydrogen-bond acceptors (Lipinski definition) is 7. The van der Waals surface area contributed by atoms with E-state index in [9.17, 15) is 19.2 Å². The van der Waals surface area contributed by atoms with Gasteiger partial charge >= 0.3 is 11.9 Å². The molecule has 1 aliphatic heterocycles. The SMILES string of the molecule is COc1ccc(C(=O)C(C)OC(=O)C2CC(=O)N(c3ccc(C(=O)OC(C)C)cc3)C2)cc1. The Balaban J connectivity index is 1.60. The van der Waals surface area contributed by atoms with Crippen molar-refractivity contribution >= 4 is 29.3 Å². The Hall–Kier alpha value is -3.68. The molecule has 1 fully saturated rings. The number of carbonyl (C=O) groups excluding carboxylic acids is 4. The van der Waals surface area contributed by atoms with Gasteiger partial charge in [0.05, 0.1) is 24.7 Å². The summed E-state index contributed by atoms with van der Waals surface area (Å²) in [5.41, 5.74) is 1.34. The fraction of sp³-hybridized carbons (Fsp3) is 0.360. The van der Waals surface area contributed by atoms with Crippen LogP contribution in [0.4, 0.5) is 5.69 Å². The number of hydrogen-bond donors (Lipinski definition) is 0. The van der Waals surface area contributed by atoms with Gasteiger partial charge in [0, 0.05) is 24.2 Å². The summed E-state index contributed by atoms with van der Waals surface area (Å²) in [5, 5.41) is 0. The maximum Gasteiger partial charge on any atom is 0.338 e.